The molecule has 1 aliphatic carbocycles. The first-order chi connectivity index (χ1) is 15.6. The molecule has 33 heavy (non-hydrogen) atoms. The van der Waals surface area contributed by atoms with E-state index in [9.17, 15) is 18.7 Å². The van der Waals surface area contributed by atoms with Crippen LogP contribution in [0.4, 0.5) is 14.6 Å². The summed E-state index contributed by atoms with van der Waals surface area (Å²) in [6.45, 7) is 4.67. The zero-order valence-electron chi connectivity index (χ0n) is 18.5. The molecule has 2 aromatic rings. The Kier molecular flexibility index (Phi) is 5.84. The van der Waals surface area contributed by atoms with Gasteiger partial charge in [-0.05, 0) is 67.9 Å². The van der Waals surface area contributed by atoms with Crippen LogP contribution in [0.2, 0.25) is 5.02 Å². The fourth-order valence-electron chi connectivity index (χ4n) is 5.30. The van der Waals surface area contributed by atoms with Gasteiger partial charge in [0.2, 0.25) is 11.8 Å². The molecule has 0 bridgehead atoms. The molecule has 1 saturated carbocycles. The number of carbonyl (C=O) groups excluding carboxylic acids is 1. The van der Waals surface area contributed by atoms with Crippen molar-refractivity contribution in [1.29, 1.82) is 0 Å². The lowest BCUT2D eigenvalue weighted by molar-refractivity contribution is -0.145. The molecule has 1 aromatic carbocycles. The van der Waals surface area contributed by atoms with Crippen LogP contribution in [0.1, 0.15) is 44.1 Å². The van der Waals surface area contributed by atoms with Crippen molar-refractivity contribution >= 4 is 34.1 Å². The second-order valence-electron chi connectivity index (χ2n) is 9.89. The number of aliphatic hydroxyl groups excluding tert-OH is 1. The van der Waals surface area contributed by atoms with Crippen molar-refractivity contribution in [2.75, 3.05) is 31.6 Å². The number of halogens is 3. The summed E-state index contributed by atoms with van der Waals surface area (Å²) < 4.78 is 31.6. The number of carbonyl (C=O) groups is 1. The number of hydrogen-bond acceptors (Lipinski definition) is 5. The monoisotopic (exact) mass is 479 g/mol. The van der Waals surface area contributed by atoms with Gasteiger partial charge in [0.25, 0.3) is 0 Å². The number of fused-ring (bicyclic) bond motifs is 1. The van der Waals surface area contributed by atoms with Gasteiger partial charge in [0, 0.05) is 35.4 Å². The number of nitrogens with one attached hydrogen (secondary N) is 1. The molecule has 0 spiro atoms. The standard InChI is InChI=1S/C24H28ClF2N3O3/c1-23(13-33-12-20(23)31)30-4-2-14(3-5-30)18-6-15-8-21(28-11-16(15)7-19(18)25)29-22(32)17-9-24(26,27)10-17/h6-8,11,14,17,20,31H,2-5,9-10,12-13H2,1H3,(H,28,29,32). The van der Waals surface area contributed by atoms with Crippen molar-refractivity contribution in [3.05, 3.63) is 35.0 Å². The number of amides is 1. The molecule has 3 aliphatic rings. The number of rotatable bonds is 4. The Morgan fingerprint density at radius 2 is 1.97 bits per heavy atom. The summed E-state index contributed by atoms with van der Waals surface area (Å²) >= 11 is 6.63. The van der Waals surface area contributed by atoms with Crippen molar-refractivity contribution in [3.63, 3.8) is 0 Å². The molecular formula is C24H28ClF2N3O3. The van der Waals surface area contributed by atoms with Crippen molar-refractivity contribution in [2.24, 2.45) is 5.92 Å². The number of aromatic nitrogens is 1. The summed E-state index contributed by atoms with van der Waals surface area (Å²) in [5.41, 5.74) is 0.709. The van der Waals surface area contributed by atoms with E-state index in [1.54, 1.807) is 12.3 Å². The number of nitrogens with zero attached hydrogens (tertiary/aromatic N) is 2. The molecule has 2 N–H and O–H groups in total. The highest BCUT2D eigenvalue weighted by Crippen LogP contribution is 2.43. The van der Waals surface area contributed by atoms with Gasteiger partial charge in [-0.1, -0.05) is 11.6 Å². The molecule has 6 nitrogen and oxygen atoms in total. The molecule has 1 aromatic heterocycles. The Hall–Kier alpha value is -1.87. The third-order valence-corrected chi connectivity index (χ3v) is 7.92. The van der Waals surface area contributed by atoms with Crippen LogP contribution in [0.5, 0.6) is 0 Å². The van der Waals surface area contributed by atoms with Gasteiger partial charge in [0.15, 0.2) is 0 Å². The summed E-state index contributed by atoms with van der Waals surface area (Å²) in [5, 5.41) is 15.5. The highest BCUT2D eigenvalue weighted by molar-refractivity contribution is 6.32. The molecule has 1 amide bonds. The van der Waals surface area contributed by atoms with Crippen molar-refractivity contribution in [3.8, 4) is 0 Å². The van der Waals surface area contributed by atoms with Crippen LogP contribution in [0.15, 0.2) is 24.4 Å². The van der Waals surface area contributed by atoms with Crippen LogP contribution in [0.25, 0.3) is 10.8 Å². The minimum absolute atomic E-state index is 0.282. The second-order valence-corrected chi connectivity index (χ2v) is 10.3. The van der Waals surface area contributed by atoms with Gasteiger partial charge < -0.3 is 15.2 Å². The fraction of sp³-hybridized carbons (Fsp3) is 0.583. The van der Waals surface area contributed by atoms with Crippen LogP contribution in [0, 0.1) is 5.92 Å². The average molecular weight is 480 g/mol. The number of anilines is 1. The second kappa shape index (κ2) is 8.41. The summed E-state index contributed by atoms with van der Waals surface area (Å²) in [6, 6.07) is 5.70. The van der Waals surface area contributed by atoms with Gasteiger partial charge in [-0.25, -0.2) is 13.8 Å². The van der Waals surface area contributed by atoms with Crippen LogP contribution in [-0.4, -0.2) is 64.8 Å². The fourth-order valence-corrected chi connectivity index (χ4v) is 5.62. The molecule has 2 aliphatic heterocycles. The number of piperidine rings is 1. The summed E-state index contributed by atoms with van der Waals surface area (Å²) in [4.78, 5) is 18.8. The third kappa shape index (κ3) is 4.34. The zero-order valence-corrected chi connectivity index (χ0v) is 19.2. The molecule has 2 unspecified atom stereocenters. The Balaban J connectivity index is 1.30. The topological polar surface area (TPSA) is 74.7 Å². The van der Waals surface area contributed by atoms with Crippen LogP contribution >= 0.6 is 11.6 Å². The van der Waals surface area contributed by atoms with Gasteiger partial charge in [0.1, 0.15) is 5.82 Å². The maximum Gasteiger partial charge on any atom is 0.249 e. The van der Waals surface area contributed by atoms with Gasteiger partial charge in [-0.2, -0.15) is 0 Å². The minimum Gasteiger partial charge on any atom is -0.389 e. The lowest BCUT2D eigenvalue weighted by Crippen LogP contribution is -2.56. The molecule has 178 valence electrons. The van der Waals surface area contributed by atoms with Gasteiger partial charge in [0.05, 0.1) is 24.9 Å². The van der Waals surface area contributed by atoms with Crippen molar-refractivity contribution < 1.29 is 23.4 Å². The summed E-state index contributed by atoms with van der Waals surface area (Å²) in [6.07, 6.45) is 2.17. The molecular weight excluding hydrogens is 452 g/mol. The highest BCUT2D eigenvalue weighted by Gasteiger charge is 2.49. The molecule has 9 heteroatoms. The SMILES string of the molecule is CC1(N2CCC(c3cc4cc(NC(=O)C5CC(F)(F)C5)ncc4cc3Cl)CC2)COCC1O. The molecule has 2 saturated heterocycles. The maximum absolute atomic E-state index is 13.1. The Morgan fingerprint density at radius 3 is 2.61 bits per heavy atom. The van der Waals surface area contributed by atoms with Crippen molar-refractivity contribution in [1.82, 2.24) is 9.88 Å². The molecule has 3 heterocycles. The smallest absolute Gasteiger partial charge is 0.249 e. The predicted octanol–water partition coefficient (Wildman–Crippen LogP) is 4.20. The van der Waals surface area contributed by atoms with E-state index in [2.05, 4.69) is 22.1 Å². The predicted molar refractivity (Wildman–Crippen MR) is 122 cm³/mol. The molecule has 3 fully saturated rings. The first-order valence-corrected chi connectivity index (χ1v) is 11.8. The number of likely N-dealkylation sites (tertiary alicyclic amines) is 1. The zero-order chi connectivity index (χ0) is 23.4. The van der Waals surface area contributed by atoms with Gasteiger partial charge in [-0.15, -0.1) is 0 Å². The number of ether oxygens (including phenoxy) is 1. The van der Waals surface area contributed by atoms with Crippen LogP contribution in [-0.2, 0) is 9.53 Å². The van der Waals surface area contributed by atoms with E-state index >= 15 is 0 Å². The number of hydrogen-bond donors (Lipinski definition) is 2. The van der Waals surface area contributed by atoms with E-state index in [0.717, 1.165) is 42.3 Å². The molecule has 0 radical (unpaired) electrons. The van der Waals surface area contributed by atoms with E-state index in [4.69, 9.17) is 16.3 Å². The number of aliphatic hydroxyl groups is 1. The van der Waals surface area contributed by atoms with E-state index in [1.807, 2.05) is 12.1 Å². The number of benzene rings is 1. The minimum atomic E-state index is -2.74. The number of pyridine rings is 1. The quantitative estimate of drug-likeness (QED) is 0.687. The Bertz CT molecular complexity index is 1070. The third-order valence-electron chi connectivity index (χ3n) is 7.59. The van der Waals surface area contributed by atoms with E-state index in [0.29, 0.717) is 24.1 Å². The average Bonchev–Trinajstić information content (AvgIpc) is 3.11. The Morgan fingerprint density at radius 1 is 1.24 bits per heavy atom. The molecule has 2 atom stereocenters. The first kappa shape index (κ1) is 22.9. The molecule has 5 rings (SSSR count). The normalized spacial score (nSPS) is 28.7. The Labute approximate surface area is 196 Å². The lowest BCUT2D eigenvalue weighted by Gasteiger charge is -2.43. The maximum atomic E-state index is 13.1. The first-order valence-electron chi connectivity index (χ1n) is 11.4. The lowest BCUT2D eigenvalue weighted by atomic mass is 9.81. The van der Waals surface area contributed by atoms with E-state index in [1.165, 1.54) is 0 Å². The van der Waals surface area contributed by atoms with E-state index < -0.39 is 36.7 Å². The van der Waals surface area contributed by atoms with Gasteiger partial charge >= 0.3 is 0 Å². The number of alkyl halides is 2. The van der Waals surface area contributed by atoms with E-state index in [-0.39, 0.29) is 11.5 Å². The van der Waals surface area contributed by atoms with Crippen LogP contribution < -0.4 is 5.32 Å². The largest absolute Gasteiger partial charge is 0.389 e. The van der Waals surface area contributed by atoms with Crippen molar-refractivity contribution in [2.45, 2.75) is 56.1 Å². The summed E-state index contributed by atoms with van der Waals surface area (Å²) in [5.74, 6) is -3.19. The summed E-state index contributed by atoms with van der Waals surface area (Å²) in [7, 11) is 0. The van der Waals surface area contributed by atoms with Crippen LogP contribution in [0.3, 0.4) is 0 Å². The van der Waals surface area contributed by atoms with Gasteiger partial charge in [-0.3, -0.25) is 9.69 Å². The highest BCUT2D eigenvalue weighted by atomic mass is 35.5.